The van der Waals surface area contributed by atoms with Gasteiger partial charge < -0.3 is 10.1 Å². The van der Waals surface area contributed by atoms with E-state index < -0.39 is 0 Å². The number of aromatic nitrogens is 4. The van der Waals surface area contributed by atoms with E-state index in [-0.39, 0.29) is 5.97 Å². The summed E-state index contributed by atoms with van der Waals surface area (Å²) in [5.41, 5.74) is 3.86. The van der Waals surface area contributed by atoms with E-state index in [9.17, 15) is 4.79 Å². The van der Waals surface area contributed by atoms with Crippen LogP contribution in [-0.2, 0) is 4.74 Å². The molecule has 2 aromatic carbocycles. The smallest absolute Gasteiger partial charge is 0.338 e. The number of nitrogens with zero attached hydrogens (tertiary/aromatic N) is 3. The van der Waals surface area contributed by atoms with Crippen molar-refractivity contribution in [2.45, 2.75) is 13.8 Å². The maximum Gasteiger partial charge on any atom is 0.338 e. The molecule has 8 heteroatoms. The van der Waals surface area contributed by atoms with Crippen LogP contribution in [0.25, 0.3) is 16.8 Å². The first-order valence-corrected chi connectivity index (χ1v) is 8.51. The number of esters is 1. The summed E-state index contributed by atoms with van der Waals surface area (Å²) in [6, 6.07) is 10.8. The predicted molar refractivity (Wildman–Crippen MR) is 100 cm³/mol. The van der Waals surface area contributed by atoms with Gasteiger partial charge in [-0.25, -0.2) is 14.3 Å². The van der Waals surface area contributed by atoms with Gasteiger partial charge in [-0.15, -0.1) is 0 Å². The lowest BCUT2D eigenvalue weighted by atomic mass is 10.2. The molecule has 7 nitrogen and oxygen atoms in total. The molecule has 0 saturated heterocycles. The Bertz CT molecular complexity index is 1130. The summed E-state index contributed by atoms with van der Waals surface area (Å²) in [5, 5.41) is 7.02. The quantitative estimate of drug-likeness (QED) is 0.529. The second-order valence-electron chi connectivity index (χ2n) is 5.83. The fraction of sp³-hybridized carbons (Fsp3) is 0.167. The van der Waals surface area contributed by atoms with Gasteiger partial charge in [-0.3, -0.25) is 5.10 Å². The number of H-pyrrole nitrogens is 1. The summed E-state index contributed by atoms with van der Waals surface area (Å²) in [4.78, 5) is 20.8. The molecule has 0 unspecified atom stereocenters. The summed E-state index contributed by atoms with van der Waals surface area (Å²) in [6.45, 7) is 4.09. The van der Waals surface area contributed by atoms with Gasteiger partial charge in [0.2, 0.25) is 5.95 Å². The molecule has 4 aromatic rings. The first-order chi connectivity index (χ1) is 12.5. The van der Waals surface area contributed by atoms with E-state index in [1.807, 2.05) is 31.2 Å². The number of nitrogens with one attached hydrogen (secondary N) is 2. The lowest BCUT2D eigenvalue weighted by molar-refractivity contribution is 0.0526. The van der Waals surface area contributed by atoms with Gasteiger partial charge in [0, 0.05) is 10.7 Å². The number of fused-ring (bicyclic) bond motifs is 3. The van der Waals surface area contributed by atoms with E-state index in [1.165, 1.54) is 0 Å². The lowest BCUT2D eigenvalue weighted by Gasteiger charge is -2.06. The third kappa shape index (κ3) is 2.86. The topological polar surface area (TPSA) is 84.3 Å². The van der Waals surface area contributed by atoms with Gasteiger partial charge in [-0.05, 0) is 49.7 Å². The Morgan fingerprint density at radius 3 is 2.92 bits per heavy atom. The summed E-state index contributed by atoms with van der Waals surface area (Å²) in [6.07, 6.45) is 0. The van der Waals surface area contributed by atoms with Gasteiger partial charge in [0.1, 0.15) is 0 Å². The van der Waals surface area contributed by atoms with Crippen LogP contribution in [0.15, 0.2) is 36.4 Å². The third-order valence-corrected chi connectivity index (χ3v) is 4.27. The second kappa shape index (κ2) is 6.34. The molecule has 2 N–H and O–H groups in total. The van der Waals surface area contributed by atoms with E-state index in [0.29, 0.717) is 34.4 Å². The van der Waals surface area contributed by atoms with Gasteiger partial charge in [-0.1, -0.05) is 17.7 Å². The van der Waals surface area contributed by atoms with Crippen molar-refractivity contribution in [3.8, 4) is 0 Å². The number of ether oxygens (including phenoxy) is 1. The molecule has 132 valence electrons. The molecule has 0 radical (unpaired) electrons. The lowest BCUT2D eigenvalue weighted by Crippen LogP contribution is -2.04. The zero-order valence-electron chi connectivity index (χ0n) is 14.2. The molecule has 0 aliphatic rings. The first-order valence-electron chi connectivity index (χ1n) is 8.13. The van der Waals surface area contributed by atoms with Crippen LogP contribution in [0.2, 0.25) is 5.02 Å². The summed E-state index contributed by atoms with van der Waals surface area (Å²) in [5.74, 6) is 0.690. The molecule has 2 heterocycles. The number of rotatable bonds is 4. The van der Waals surface area contributed by atoms with Gasteiger partial charge in [-0.2, -0.15) is 4.98 Å². The fourth-order valence-corrected chi connectivity index (χ4v) is 2.91. The average Bonchev–Trinajstić information content (AvgIpc) is 3.14. The summed E-state index contributed by atoms with van der Waals surface area (Å²) >= 11 is 6.06. The zero-order valence-corrected chi connectivity index (χ0v) is 15.0. The van der Waals surface area contributed by atoms with Crippen LogP contribution >= 0.6 is 11.6 Å². The van der Waals surface area contributed by atoms with E-state index in [2.05, 4.69) is 20.4 Å². The van der Waals surface area contributed by atoms with Gasteiger partial charge in [0.05, 0.1) is 23.2 Å². The molecule has 0 saturated carbocycles. The minimum Gasteiger partial charge on any atom is -0.462 e. The van der Waals surface area contributed by atoms with Crippen LogP contribution in [0, 0.1) is 6.92 Å². The van der Waals surface area contributed by atoms with Crippen molar-refractivity contribution in [1.82, 2.24) is 19.6 Å². The van der Waals surface area contributed by atoms with Crippen molar-refractivity contribution in [2.75, 3.05) is 11.9 Å². The van der Waals surface area contributed by atoms with Crippen molar-refractivity contribution in [3.63, 3.8) is 0 Å². The van der Waals surface area contributed by atoms with E-state index in [0.717, 1.165) is 16.8 Å². The molecule has 0 fully saturated rings. The number of carbonyl (C=O) groups excluding carboxylic acids is 1. The Labute approximate surface area is 153 Å². The van der Waals surface area contributed by atoms with Crippen molar-refractivity contribution < 1.29 is 9.53 Å². The zero-order chi connectivity index (χ0) is 18.3. The van der Waals surface area contributed by atoms with E-state index in [4.69, 9.17) is 16.3 Å². The van der Waals surface area contributed by atoms with Crippen LogP contribution in [0.4, 0.5) is 11.6 Å². The van der Waals surface area contributed by atoms with Crippen molar-refractivity contribution in [2.24, 2.45) is 0 Å². The highest BCUT2D eigenvalue weighted by molar-refractivity contribution is 6.30. The molecule has 4 rings (SSSR count). The largest absolute Gasteiger partial charge is 0.462 e. The normalized spacial score (nSPS) is 11.2. The van der Waals surface area contributed by atoms with Crippen LogP contribution in [0.5, 0.6) is 0 Å². The number of aryl methyl sites for hydroxylation is 1. The van der Waals surface area contributed by atoms with Gasteiger partial charge >= 0.3 is 5.97 Å². The molecule has 0 aliphatic heterocycles. The van der Waals surface area contributed by atoms with E-state index >= 15 is 0 Å². The number of halogens is 1. The summed E-state index contributed by atoms with van der Waals surface area (Å²) < 4.78 is 6.78. The van der Waals surface area contributed by atoms with E-state index in [1.54, 1.807) is 23.6 Å². The number of hydrogen-bond acceptors (Lipinski definition) is 5. The standard InChI is InChI=1S/C18H16ClN5O2/c1-3-26-16(25)11-5-7-15-14(8-11)21-18-22-17(23-24(15)18)20-13-9-12(19)6-4-10(13)2/h4-9H,3H2,1-2H3,(H2,20,21,22,23). The second-order valence-corrected chi connectivity index (χ2v) is 6.26. The van der Waals surface area contributed by atoms with Gasteiger partial charge in [0.25, 0.3) is 5.78 Å². The highest BCUT2D eigenvalue weighted by atomic mass is 35.5. The van der Waals surface area contributed by atoms with Crippen LogP contribution in [0.1, 0.15) is 22.8 Å². The molecular formula is C18H16ClN5O2. The van der Waals surface area contributed by atoms with Crippen molar-refractivity contribution in [3.05, 3.63) is 52.5 Å². The molecular weight excluding hydrogens is 354 g/mol. The Hall–Kier alpha value is -3.06. The number of anilines is 2. The van der Waals surface area contributed by atoms with Crippen LogP contribution in [-0.4, -0.2) is 32.2 Å². The van der Waals surface area contributed by atoms with Crippen LogP contribution < -0.4 is 5.32 Å². The Kier molecular flexibility index (Phi) is 4.00. The Balaban J connectivity index is 1.70. The number of carbonyl (C=O) groups is 1. The molecule has 0 aliphatic carbocycles. The SMILES string of the molecule is CCOC(=O)c1ccc2c(c1)nc1nc(Nc3cc(Cl)ccc3C)[nH]n12. The van der Waals surface area contributed by atoms with Crippen molar-refractivity contribution in [1.29, 1.82) is 0 Å². The van der Waals surface area contributed by atoms with Gasteiger partial charge in [0.15, 0.2) is 0 Å². The minimum atomic E-state index is -0.363. The average molecular weight is 370 g/mol. The number of benzene rings is 2. The molecule has 0 spiro atoms. The predicted octanol–water partition coefficient (Wildman–Crippen LogP) is 4.09. The summed E-state index contributed by atoms with van der Waals surface area (Å²) in [7, 11) is 0. The Morgan fingerprint density at radius 1 is 1.27 bits per heavy atom. The molecule has 0 amide bonds. The number of hydrogen-bond donors (Lipinski definition) is 2. The molecule has 0 atom stereocenters. The number of aromatic amines is 1. The highest BCUT2D eigenvalue weighted by Gasteiger charge is 2.14. The van der Waals surface area contributed by atoms with Crippen molar-refractivity contribution >= 4 is 46.0 Å². The van der Waals surface area contributed by atoms with Crippen LogP contribution in [0.3, 0.4) is 0 Å². The number of imidazole rings is 1. The first kappa shape index (κ1) is 16.4. The minimum absolute atomic E-state index is 0.334. The third-order valence-electron chi connectivity index (χ3n) is 4.03. The fourth-order valence-electron chi connectivity index (χ4n) is 2.74. The maximum absolute atomic E-state index is 11.9. The maximum atomic E-state index is 11.9. The highest BCUT2D eigenvalue weighted by Crippen LogP contribution is 2.24. The Morgan fingerprint density at radius 2 is 2.12 bits per heavy atom. The molecule has 0 bridgehead atoms. The monoisotopic (exact) mass is 369 g/mol. The molecule has 26 heavy (non-hydrogen) atoms. The molecule has 2 aromatic heterocycles.